The predicted molar refractivity (Wildman–Crippen MR) is 66.0 cm³/mol. The summed E-state index contributed by atoms with van der Waals surface area (Å²) in [5, 5.41) is 9.12. The maximum absolute atomic E-state index is 11.1. The van der Waals surface area contributed by atoms with Crippen molar-refractivity contribution in [2.24, 2.45) is 0 Å². The van der Waals surface area contributed by atoms with Crippen molar-refractivity contribution >= 4 is 11.7 Å². The number of piperidine rings is 1. The minimum absolute atomic E-state index is 0.232. The van der Waals surface area contributed by atoms with E-state index in [1.165, 1.54) is 26.4 Å². The molecule has 0 aromatic heterocycles. The van der Waals surface area contributed by atoms with E-state index in [1.54, 1.807) is 12.1 Å². The number of carboxylic acid groups (broad SMARTS) is 1. The van der Waals surface area contributed by atoms with Crippen LogP contribution in [0.5, 0.6) is 5.75 Å². The Morgan fingerprint density at radius 3 is 2.59 bits per heavy atom. The molecule has 1 saturated heterocycles. The summed E-state index contributed by atoms with van der Waals surface area (Å²) in [4.78, 5) is 13.3. The van der Waals surface area contributed by atoms with Crippen LogP contribution in [0.3, 0.4) is 0 Å². The second-order valence-corrected chi connectivity index (χ2v) is 4.24. The molecule has 0 aliphatic carbocycles. The first-order chi connectivity index (χ1) is 8.22. The molecule has 1 fully saturated rings. The molecule has 0 atom stereocenters. The molecule has 0 spiro atoms. The van der Waals surface area contributed by atoms with Gasteiger partial charge in [-0.3, -0.25) is 0 Å². The summed E-state index contributed by atoms with van der Waals surface area (Å²) >= 11 is 0. The summed E-state index contributed by atoms with van der Waals surface area (Å²) < 4.78 is 5.05. The lowest BCUT2D eigenvalue weighted by Gasteiger charge is -2.29. The number of carbonyl (C=O) groups is 1. The van der Waals surface area contributed by atoms with Crippen LogP contribution in [0.25, 0.3) is 0 Å². The van der Waals surface area contributed by atoms with Crippen LogP contribution in [-0.2, 0) is 0 Å². The maximum atomic E-state index is 11.1. The van der Waals surface area contributed by atoms with E-state index in [4.69, 9.17) is 9.84 Å². The third kappa shape index (κ3) is 2.52. The largest absolute Gasteiger partial charge is 0.496 e. The number of nitrogens with zero attached hydrogens (tertiary/aromatic N) is 1. The molecule has 0 radical (unpaired) electrons. The van der Waals surface area contributed by atoms with Crippen LogP contribution in [-0.4, -0.2) is 31.3 Å². The zero-order chi connectivity index (χ0) is 12.3. The average Bonchev–Trinajstić information content (AvgIpc) is 2.39. The number of hydrogen-bond donors (Lipinski definition) is 1. The standard InChI is InChI=1S/C13H17NO3/c1-17-12-6-5-10(9-11(12)13(15)16)14-7-3-2-4-8-14/h5-6,9H,2-4,7-8H2,1H3,(H,15,16). The summed E-state index contributed by atoms with van der Waals surface area (Å²) in [5.74, 6) is -0.529. The van der Waals surface area contributed by atoms with Gasteiger partial charge < -0.3 is 14.7 Å². The minimum atomic E-state index is -0.944. The molecule has 0 unspecified atom stereocenters. The van der Waals surface area contributed by atoms with Crippen LogP contribution in [0.1, 0.15) is 29.6 Å². The number of methoxy groups -OCH3 is 1. The van der Waals surface area contributed by atoms with Crippen LogP contribution in [0.4, 0.5) is 5.69 Å². The van der Waals surface area contributed by atoms with Crippen LogP contribution in [0.15, 0.2) is 18.2 Å². The molecule has 0 saturated carbocycles. The van der Waals surface area contributed by atoms with E-state index in [2.05, 4.69) is 4.90 Å². The molecule has 1 N–H and O–H groups in total. The molecule has 0 amide bonds. The fourth-order valence-corrected chi connectivity index (χ4v) is 2.21. The summed E-state index contributed by atoms with van der Waals surface area (Å²) in [5.41, 5.74) is 1.21. The number of hydrogen-bond acceptors (Lipinski definition) is 3. The molecular formula is C13H17NO3. The zero-order valence-electron chi connectivity index (χ0n) is 9.98. The zero-order valence-corrected chi connectivity index (χ0v) is 9.98. The lowest BCUT2D eigenvalue weighted by Crippen LogP contribution is -2.29. The molecule has 1 heterocycles. The van der Waals surface area contributed by atoms with Gasteiger partial charge in [0.2, 0.25) is 0 Å². The van der Waals surface area contributed by atoms with Crippen molar-refractivity contribution in [1.29, 1.82) is 0 Å². The predicted octanol–water partition coefficient (Wildman–Crippen LogP) is 2.38. The summed E-state index contributed by atoms with van der Waals surface area (Å²) in [7, 11) is 1.49. The number of benzene rings is 1. The summed E-state index contributed by atoms with van der Waals surface area (Å²) in [6.07, 6.45) is 3.61. The quantitative estimate of drug-likeness (QED) is 0.874. The Morgan fingerprint density at radius 2 is 2.00 bits per heavy atom. The Hall–Kier alpha value is -1.71. The van der Waals surface area contributed by atoms with Gasteiger partial charge in [-0.05, 0) is 37.5 Å². The van der Waals surface area contributed by atoms with Crippen LogP contribution < -0.4 is 9.64 Å². The molecule has 1 aromatic carbocycles. The van der Waals surface area contributed by atoms with Crippen molar-refractivity contribution in [3.8, 4) is 5.75 Å². The van der Waals surface area contributed by atoms with Crippen LogP contribution >= 0.6 is 0 Å². The fourth-order valence-electron chi connectivity index (χ4n) is 2.21. The van der Waals surface area contributed by atoms with Gasteiger partial charge in [0, 0.05) is 18.8 Å². The first-order valence-electron chi connectivity index (χ1n) is 5.88. The molecule has 4 nitrogen and oxygen atoms in total. The minimum Gasteiger partial charge on any atom is -0.496 e. The Balaban J connectivity index is 2.29. The Morgan fingerprint density at radius 1 is 1.29 bits per heavy atom. The fraction of sp³-hybridized carbons (Fsp3) is 0.462. The van der Waals surface area contributed by atoms with Gasteiger partial charge in [-0.15, -0.1) is 0 Å². The Labute approximate surface area is 101 Å². The summed E-state index contributed by atoms with van der Waals surface area (Å²) in [6.45, 7) is 2.01. The van der Waals surface area contributed by atoms with E-state index in [0.29, 0.717) is 5.75 Å². The molecule has 17 heavy (non-hydrogen) atoms. The molecule has 1 aromatic rings. The average molecular weight is 235 g/mol. The first kappa shape index (κ1) is 11.8. The number of carboxylic acids is 1. The van der Waals surface area contributed by atoms with Crippen molar-refractivity contribution in [2.45, 2.75) is 19.3 Å². The lowest BCUT2D eigenvalue weighted by atomic mass is 10.1. The monoisotopic (exact) mass is 235 g/mol. The Bertz CT molecular complexity index is 411. The second-order valence-electron chi connectivity index (χ2n) is 4.24. The maximum Gasteiger partial charge on any atom is 0.339 e. The van der Waals surface area contributed by atoms with Crippen LogP contribution in [0.2, 0.25) is 0 Å². The topological polar surface area (TPSA) is 49.8 Å². The van der Waals surface area contributed by atoms with E-state index >= 15 is 0 Å². The first-order valence-corrected chi connectivity index (χ1v) is 5.88. The van der Waals surface area contributed by atoms with Gasteiger partial charge >= 0.3 is 5.97 Å². The van der Waals surface area contributed by atoms with Crippen molar-refractivity contribution in [3.63, 3.8) is 0 Å². The lowest BCUT2D eigenvalue weighted by molar-refractivity contribution is 0.0693. The van der Waals surface area contributed by atoms with Crippen molar-refractivity contribution in [3.05, 3.63) is 23.8 Å². The van der Waals surface area contributed by atoms with Crippen LogP contribution in [0, 0.1) is 0 Å². The highest BCUT2D eigenvalue weighted by Gasteiger charge is 2.16. The van der Waals surface area contributed by atoms with E-state index in [1.807, 2.05) is 6.07 Å². The Kier molecular flexibility index (Phi) is 3.52. The van der Waals surface area contributed by atoms with Crippen molar-refractivity contribution < 1.29 is 14.6 Å². The number of anilines is 1. The highest BCUT2D eigenvalue weighted by molar-refractivity contribution is 5.92. The summed E-state index contributed by atoms with van der Waals surface area (Å²) in [6, 6.07) is 5.36. The van der Waals surface area contributed by atoms with Crippen molar-refractivity contribution in [1.82, 2.24) is 0 Å². The van der Waals surface area contributed by atoms with E-state index < -0.39 is 5.97 Å². The van der Waals surface area contributed by atoms with E-state index in [9.17, 15) is 4.79 Å². The highest BCUT2D eigenvalue weighted by Crippen LogP contribution is 2.26. The normalized spacial score (nSPS) is 15.7. The highest BCUT2D eigenvalue weighted by atomic mass is 16.5. The molecule has 2 rings (SSSR count). The van der Waals surface area contributed by atoms with Gasteiger partial charge in [0.15, 0.2) is 0 Å². The van der Waals surface area contributed by atoms with E-state index in [0.717, 1.165) is 18.8 Å². The van der Waals surface area contributed by atoms with Gasteiger partial charge in [-0.2, -0.15) is 0 Å². The number of rotatable bonds is 3. The van der Waals surface area contributed by atoms with Gasteiger partial charge in [-0.1, -0.05) is 0 Å². The van der Waals surface area contributed by atoms with E-state index in [-0.39, 0.29) is 5.56 Å². The molecular weight excluding hydrogens is 218 g/mol. The molecule has 0 bridgehead atoms. The molecule has 1 aliphatic rings. The van der Waals surface area contributed by atoms with Gasteiger partial charge in [0.05, 0.1) is 7.11 Å². The number of aromatic carboxylic acids is 1. The molecule has 4 heteroatoms. The smallest absolute Gasteiger partial charge is 0.339 e. The third-order valence-corrected chi connectivity index (χ3v) is 3.13. The van der Waals surface area contributed by atoms with Gasteiger partial charge in [-0.25, -0.2) is 4.79 Å². The van der Waals surface area contributed by atoms with Crippen molar-refractivity contribution in [2.75, 3.05) is 25.1 Å². The second kappa shape index (κ2) is 5.08. The molecule has 92 valence electrons. The SMILES string of the molecule is COc1ccc(N2CCCCC2)cc1C(=O)O. The number of ether oxygens (including phenoxy) is 1. The molecule has 1 aliphatic heterocycles. The third-order valence-electron chi connectivity index (χ3n) is 3.13. The van der Waals surface area contributed by atoms with Gasteiger partial charge in [0.25, 0.3) is 0 Å². The van der Waals surface area contributed by atoms with Gasteiger partial charge in [0.1, 0.15) is 11.3 Å².